The van der Waals surface area contributed by atoms with Crippen LogP contribution in [0.5, 0.6) is 0 Å². The van der Waals surface area contributed by atoms with Crippen LogP contribution in [0.2, 0.25) is 0 Å². The Kier molecular flexibility index (Phi) is 2.05. The molecule has 2 saturated carbocycles. The normalized spacial score (nSPS) is 40.2. The Morgan fingerprint density at radius 1 is 1.38 bits per heavy atom. The highest BCUT2D eigenvalue weighted by atomic mass is 16.1. The lowest BCUT2D eigenvalue weighted by atomic mass is 9.58. The molecule has 13 heavy (non-hydrogen) atoms. The van der Waals surface area contributed by atoms with Gasteiger partial charge in [-0.15, -0.1) is 0 Å². The van der Waals surface area contributed by atoms with Gasteiger partial charge in [0.2, 0.25) is 0 Å². The average Bonchev–Trinajstić information content (AvgIpc) is 2.08. The molecule has 0 aliphatic heterocycles. The largest absolute Gasteiger partial charge is 0.299 e. The highest BCUT2D eigenvalue weighted by Gasteiger charge is 2.44. The highest BCUT2D eigenvalue weighted by Crippen LogP contribution is 2.50. The van der Waals surface area contributed by atoms with E-state index in [1.54, 1.807) is 0 Å². The minimum absolute atomic E-state index is 0.160. The van der Waals surface area contributed by atoms with Crippen LogP contribution in [0, 0.1) is 11.3 Å². The Bertz CT molecular complexity index is 254. The van der Waals surface area contributed by atoms with Crippen molar-refractivity contribution >= 4 is 5.78 Å². The molecule has 2 aliphatic rings. The quantitative estimate of drug-likeness (QED) is 0.521. The maximum absolute atomic E-state index is 11.7. The fourth-order valence-corrected chi connectivity index (χ4v) is 3.04. The average molecular weight is 178 g/mol. The van der Waals surface area contributed by atoms with Gasteiger partial charge in [-0.05, 0) is 37.5 Å². The molecule has 0 bridgehead atoms. The van der Waals surface area contributed by atoms with E-state index in [1.165, 1.54) is 18.4 Å². The van der Waals surface area contributed by atoms with Crippen LogP contribution >= 0.6 is 0 Å². The first kappa shape index (κ1) is 8.98. The zero-order valence-electron chi connectivity index (χ0n) is 8.44. The van der Waals surface area contributed by atoms with Crippen molar-refractivity contribution in [3.8, 4) is 0 Å². The first-order valence-corrected chi connectivity index (χ1v) is 5.35. The number of hydrogen-bond acceptors (Lipinski definition) is 1. The van der Waals surface area contributed by atoms with Gasteiger partial charge in [-0.2, -0.15) is 0 Å². The number of rotatable bonds is 0. The Morgan fingerprint density at radius 3 is 2.85 bits per heavy atom. The summed E-state index contributed by atoms with van der Waals surface area (Å²) in [6.45, 7) is 6.40. The van der Waals surface area contributed by atoms with Gasteiger partial charge in [-0.1, -0.05) is 19.1 Å². The second kappa shape index (κ2) is 2.97. The molecule has 0 N–H and O–H groups in total. The van der Waals surface area contributed by atoms with Crippen LogP contribution in [-0.2, 0) is 4.79 Å². The molecular weight excluding hydrogens is 160 g/mol. The van der Waals surface area contributed by atoms with Crippen LogP contribution < -0.4 is 0 Å². The van der Waals surface area contributed by atoms with Crippen LogP contribution in [-0.4, -0.2) is 5.78 Å². The standard InChI is InChI=1S/C12H18O/c1-9-5-3-6-10-11(13)7-4-8-12(9,10)2/h10H,1,3-8H2,2H3/t10-,12-/m0/s1. The molecule has 0 unspecified atom stereocenters. The molecule has 0 aromatic carbocycles. The number of Topliss-reactive ketones (excluding diaryl/α,β-unsaturated/α-hetero) is 1. The molecule has 2 rings (SSSR count). The minimum Gasteiger partial charge on any atom is -0.299 e. The van der Waals surface area contributed by atoms with Gasteiger partial charge in [-0.25, -0.2) is 0 Å². The molecule has 2 aliphatic carbocycles. The van der Waals surface area contributed by atoms with Crippen molar-refractivity contribution in [1.29, 1.82) is 0 Å². The first-order valence-electron chi connectivity index (χ1n) is 5.35. The maximum atomic E-state index is 11.7. The van der Waals surface area contributed by atoms with E-state index in [2.05, 4.69) is 13.5 Å². The second-order valence-corrected chi connectivity index (χ2v) is 4.79. The molecule has 0 saturated heterocycles. The molecule has 1 nitrogen and oxygen atoms in total. The third kappa shape index (κ3) is 1.25. The lowest BCUT2D eigenvalue weighted by molar-refractivity contribution is -0.129. The molecule has 0 aromatic rings. The summed E-state index contributed by atoms with van der Waals surface area (Å²) < 4.78 is 0. The number of allylic oxidation sites excluding steroid dienone is 1. The van der Waals surface area contributed by atoms with Crippen molar-refractivity contribution in [1.82, 2.24) is 0 Å². The van der Waals surface area contributed by atoms with Crippen LogP contribution in [0.25, 0.3) is 0 Å². The van der Waals surface area contributed by atoms with Gasteiger partial charge in [0.25, 0.3) is 0 Å². The third-order valence-electron chi connectivity index (χ3n) is 4.06. The van der Waals surface area contributed by atoms with Crippen LogP contribution in [0.4, 0.5) is 0 Å². The molecule has 0 spiro atoms. The Balaban J connectivity index is 2.29. The number of hydrogen-bond donors (Lipinski definition) is 0. The summed E-state index contributed by atoms with van der Waals surface area (Å²) in [5, 5.41) is 0. The van der Waals surface area contributed by atoms with E-state index in [-0.39, 0.29) is 5.41 Å². The smallest absolute Gasteiger partial charge is 0.136 e. The van der Waals surface area contributed by atoms with Crippen molar-refractivity contribution in [3.63, 3.8) is 0 Å². The molecule has 2 fully saturated rings. The summed E-state index contributed by atoms with van der Waals surface area (Å²) in [6.07, 6.45) is 6.49. The van der Waals surface area contributed by atoms with Gasteiger partial charge in [-0.3, -0.25) is 4.79 Å². The van der Waals surface area contributed by atoms with Gasteiger partial charge < -0.3 is 0 Å². The van der Waals surface area contributed by atoms with E-state index in [0.29, 0.717) is 11.7 Å². The summed E-state index contributed by atoms with van der Waals surface area (Å²) in [4.78, 5) is 11.7. The number of carbonyl (C=O) groups is 1. The van der Waals surface area contributed by atoms with Crippen LogP contribution in [0.3, 0.4) is 0 Å². The minimum atomic E-state index is 0.160. The van der Waals surface area contributed by atoms with Crippen molar-refractivity contribution in [2.45, 2.75) is 45.4 Å². The molecule has 2 atom stereocenters. The topological polar surface area (TPSA) is 17.1 Å². The Labute approximate surface area is 80.2 Å². The summed E-state index contributed by atoms with van der Waals surface area (Å²) in [5.41, 5.74) is 1.49. The fourth-order valence-electron chi connectivity index (χ4n) is 3.04. The summed E-state index contributed by atoms with van der Waals surface area (Å²) >= 11 is 0. The monoisotopic (exact) mass is 178 g/mol. The van der Waals surface area contributed by atoms with Crippen LogP contribution in [0.1, 0.15) is 45.4 Å². The second-order valence-electron chi connectivity index (χ2n) is 4.79. The lowest BCUT2D eigenvalue weighted by Crippen LogP contribution is -2.41. The number of fused-ring (bicyclic) bond motifs is 1. The predicted molar refractivity (Wildman–Crippen MR) is 53.4 cm³/mol. The van der Waals surface area contributed by atoms with Gasteiger partial charge in [0.15, 0.2) is 0 Å². The van der Waals surface area contributed by atoms with Gasteiger partial charge in [0, 0.05) is 12.3 Å². The summed E-state index contributed by atoms with van der Waals surface area (Å²) in [6, 6.07) is 0. The molecule has 72 valence electrons. The predicted octanol–water partition coefficient (Wildman–Crippen LogP) is 3.10. The van der Waals surface area contributed by atoms with E-state index in [1.807, 2.05) is 0 Å². The Hall–Kier alpha value is -0.590. The summed E-state index contributed by atoms with van der Waals surface area (Å²) in [5.74, 6) is 0.803. The Morgan fingerprint density at radius 2 is 2.15 bits per heavy atom. The van der Waals surface area contributed by atoms with Crippen LogP contribution in [0.15, 0.2) is 12.2 Å². The van der Waals surface area contributed by atoms with Gasteiger partial charge >= 0.3 is 0 Å². The molecule has 0 radical (unpaired) electrons. The van der Waals surface area contributed by atoms with E-state index in [4.69, 9.17) is 0 Å². The summed E-state index contributed by atoms with van der Waals surface area (Å²) in [7, 11) is 0. The van der Waals surface area contributed by atoms with Crippen molar-refractivity contribution in [3.05, 3.63) is 12.2 Å². The van der Waals surface area contributed by atoms with Gasteiger partial charge in [0.1, 0.15) is 5.78 Å². The molecule has 0 aromatic heterocycles. The highest BCUT2D eigenvalue weighted by molar-refractivity contribution is 5.83. The zero-order chi connectivity index (χ0) is 9.47. The van der Waals surface area contributed by atoms with Gasteiger partial charge in [0.05, 0.1) is 0 Å². The first-order chi connectivity index (χ1) is 6.14. The van der Waals surface area contributed by atoms with E-state index < -0.39 is 0 Å². The van der Waals surface area contributed by atoms with Crippen molar-refractivity contribution in [2.24, 2.45) is 11.3 Å². The van der Waals surface area contributed by atoms with E-state index in [9.17, 15) is 4.79 Å². The number of ketones is 1. The van der Waals surface area contributed by atoms with E-state index >= 15 is 0 Å². The molecular formula is C12H18O. The van der Waals surface area contributed by atoms with E-state index in [0.717, 1.165) is 25.7 Å². The maximum Gasteiger partial charge on any atom is 0.136 e. The SMILES string of the molecule is C=C1CCC[C@H]2C(=O)CCC[C@@]12C. The zero-order valence-corrected chi connectivity index (χ0v) is 8.44. The number of carbonyl (C=O) groups excluding carboxylic acids is 1. The third-order valence-corrected chi connectivity index (χ3v) is 4.06. The molecule has 0 heterocycles. The molecule has 1 heteroatoms. The fraction of sp³-hybridized carbons (Fsp3) is 0.750. The van der Waals surface area contributed by atoms with Crippen molar-refractivity contribution < 1.29 is 4.79 Å². The molecule has 0 amide bonds. The lowest BCUT2D eigenvalue weighted by Gasteiger charge is -2.45. The van der Waals surface area contributed by atoms with Crippen molar-refractivity contribution in [2.75, 3.05) is 0 Å².